The lowest BCUT2D eigenvalue weighted by molar-refractivity contribution is -0.121. The van der Waals surface area contributed by atoms with E-state index >= 15 is 0 Å². The average molecular weight is 219 g/mol. The van der Waals surface area contributed by atoms with Gasteiger partial charge in [-0.05, 0) is 19.4 Å². The normalized spacial score (nSPS) is 11.2. The van der Waals surface area contributed by atoms with Crippen LogP contribution in [-0.2, 0) is 4.79 Å². The third-order valence-electron chi connectivity index (χ3n) is 2.19. The lowest BCUT2D eigenvalue weighted by Crippen LogP contribution is -2.18. The molecule has 1 N–H and O–H groups in total. The Balaban J connectivity index is 2.48. The fraction of sp³-hybridized carbons (Fsp3) is 0.417. The van der Waals surface area contributed by atoms with Crippen LogP contribution in [0.4, 0.5) is 0 Å². The van der Waals surface area contributed by atoms with Gasteiger partial charge in [0, 0.05) is 24.4 Å². The molecule has 0 saturated carbocycles. The molecule has 1 amide bonds. The third kappa shape index (κ3) is 4.21. The molecule has 0 aliphatic rings. The number of pyridine rings is 1. The first-order chi connectivity index (χ1) is 7.74. The maximum atomic E-state index is 11.3. The molecule has 0 saturated heterocycles. The topological polar surface area (TPSA) is 54.4 Å². The summed E-state index contributed by atoms with van der Waals surface area (Å²) in [5, 5.41) is 4.02. The van der Waals surface area contributed by atoms with E-state index in [4.69, 9.17) is 0 Å². The summed E-state index contributed by atoms with van der Waals surface area (Å²) in [7, 11) is 0. The second-order valence-corrected chi connectivity index (χ2v) is 3.58. The van der Waals surface area contributed by atoms with Crippen LogP contribution in [0.5, 0.6) is 0 Å². The number of nitrogens with one attached hydrogen (secondary N) is 1. The van der Waals surface area contributed by atoms with Crippen LogP contribution in [0, 0.1) is 0 Å². The highest BCUT2D eigenvalue weighted by atomic mass is 16.2. The Hall–Kier alpha value is -1.71. The molecular weight excluding hydrogens is 202 g/mol. The molecule has 4 nitrogen and oxygen atoms in total. The van der Waals surface area contributed by atoms with Crippen molar-refractivity contribution in [2.24, 2.45) is 5.10 Å². The molecule has 0 aliphatic heterocycles. The van der Waals surface area contributed by atoms with Gasteiger partial charge in [-0.3, -0.25) is 9.78 Å². The van der Waals surface area contributed by atoms with E-state index in [-0.39, 0.29) is 5.91 Å². The first-order valence-electron chi connectivity index (χ1n) is 5.47. The Kier molecular flexibility index (Phi) is 5.19. The predicted octanol–water partition coefficient (Wildman–Crippen LogP) is 2.11. The van der Waals surface area contributed by atoms with Crippen molar-refractivity contribution in [1.29, 1.82) is 0 Å². The van der Waals surface area contributed by atoms with Crippen LogP contribution < -0.4 is 5.43 Å². The fourth-order valence-electron chi connectivity index (χ4n) is 1.18. The van der Waals surface area contributed by atoms with Gasteiger partial charge in [-0.25, -0.2) is 5.43 Å². The van der Waals surface area contributed by atoms with Gasteiger partial charge in [0.1, 0.15) is 0 Å². The van der Waals surface area contributed by atoms with Crippen LogP contribution >= 0.6 is 0 Å². The van der Waals surface area contributed by atoms with E-state index in [0.29, 0.717) is 6.42 Å². The number of rotatable bonds is 5. The molecule has 1 heterocycles. The molecule has 0 radical (unpaired) electrons. The van der Waals surface area contributed by atoms with Crippen molar-refractivity contribution in [3.8, 4) is 0 Å². The van der Waals surface area contributed by atoms with Gasteiger partial charge in [-0.2, -0.15) is 5.10 Å². The molecular formula is C12H17N3O. The van der Waals surface area contributed by atoms with Crippen molar-refractivity contribution >= 4 is 11.6 Å². The van der Waals surface area contributed by atoms with Crippen molar-refractivity contribution in [3.05, 3.63) is 30.1 Å². The molecule has 1 aromatic heterocycles. The van der Waals surface area contributed by atoms with Gasteiger partial charge < -0.3 is 0 Å². The van der Waals surface area contributed by atoms with E-state index in [1.807, 2.05) is 19.1 Å². The lowest BCUT2D eigenvalue weighted by atomic mass is 10.2. The Morgan fingerprint density at radius 2 is 2.38 bits per heavy atom. The van der Waals surface area contributed by atoms with Gasteiger partial charge >= 0.3 is 0 Å². The van der Waals surface area contributed by atoms with Gasteiger partial charge in [0.25, 0.3) is 0 Å². The first-order valence-corrected chi connectivity index (χ1v) is 5.47. The van der Waals surface area contributed by atoms with Crippen LogP contribution in [0.2, 0.25) is 0 Å². The zero-order valence-corrected chi connectivity index (χ0v) is 9.73. The Morgan fingerprint density at radius 3 is 3.00 bits per heavy atom. The fourth-order valence-corrected chi connectivity index (χ4v) is 1.18. The van der Waals surface area contributed by atoms with E-state index in [9.17, 15) is 4.79 Å². The predicted molar refractivity (Wildman–Crippen MR) is 64.1 cm³/mol. The number of hydrazone groups is 1. The highest BCUT2D eigenvalue weighted by Gasteiger charge is 2.00. The van der Waals surface area contributed by atoms with Crippen LogP contribution in [-0.4, -0.2) is 16.6 Å². The zero-order chi connectivity index (χ0) is 11.8. The molecule has 0 fully saturated rings. The number of amides is 1. The van der Waals surface area contributed by atoms with Gasteiger partial charge in [-0.15, -0.1) is 0 Å². The second kappa shape index (κ2) is 6.71. The minimum Gasteiger partial charge on any atom is -0.273 e. The van der Waals surface area contributed by atoms with Gasteiger partial charge in [0.2, 0.25) is 5.91 Å². The van der Waals surface area contributed by atoms with Crippen molar-refractivity contribution in [1.82, 2.24) is 10.4 Å². The molecule has 0 spiro atoms. The highest BCUT2D eigenvalue weighted by molar-refractivity contribution is 5.98. The summed E-state index contributed by atoms with van der Waals surface area (Å²) >= 11 is 0. The Labute approximate surface area is 95.8 Å². The average Bonchev–Trinajstić information content (AvgIpc) is 2.34. The molecule has 0 atom stereocenters. The summed E-state index contributed by atoms with van der Waals surface area (Å²) in [6, 6.07) is 3.75. The molecule has 86 valence electrons. The summed E-state index contributed by atoms with van der Waals surface area (Å²) < 4.78 is 0. The van der Waals surface area contributed by atoms with Gasteiger partial charge in [0.05, 0.1) is 5.71 Å². The summed E-state index contributed by atoms with van der Waals surface area (Å²) in [6.07, 6.45) is 5.86. The van der Waals surface area contributed by atoms with E-state index in [1.165, 1.54) is 0 Å². The molecule has 0 aliphatic carbocycles. The molecule has 1 aromatic rings. The molecule has 1 rings (SSSR count). The maximum Gasteiger partial charge on any atom is 0.240 e. The van der Waals surface area contributed by atoms with Crippen LogP contribution in [0.25, 0.3) is 0 Å². The molecule has 0 aromatic carbocycles. The second-order valence-electron chi connectivity index (χ2n) is 3.58. The largest absolute Gasteiger partial charge is 0.273 e. The van der Waals surface area contributed by atoms with Gasteiger partial charge in [0.15, 0.2) is 0 Å². The minimum absolute atomic E-state index is 0.0370. The van der Waals surface area contributed by atoms with Crippen molar-refractivity contribution in [2.75, 3.05) is 0 Å². The molecule has 16 heavy (non-hydrogen) atoms. The third-order valence-corrected chi connectivity index (χ3v) is 2.19. The summed E-state index contributed by atoms with van der Waals surface area (Å²) in [4.78, 5) is 15.3. The summed E-state index contributed by atoms with van der Waals surface area (Å²) in [5.41, 5.74) is 4.21. The van der Waals surface area contributed by atoms with Crippen molar-refractivity contribution in [3.63, 3.8) is 0 Å². The number of unbranched alkanes of at least 4 members (excludes halogenated alkanes) is 1. The quantitative estimate of drug-likeness (QED) is 0.609. The maximum absolute atomic E-state index is 11.3. The Bertz CT molecular complexity index is 360. The number of nitrogens with zero attached hydrogens (tertiary/aromatic N) is 2. The van der Waals surface area contributed by atoms with Crippen molar-refractivity contribution < 1.29 is 4.79 Å². The number of carbonyl (C=O) groups excluding carboxylic acids is 1. The lowest BCUT2D eigenvalue weighted by Gasteiger charge is -2.01. The van der Waals surface area contributed by atoms with Crippen molar-refractivity contribution in [2.45, 2.75) is 33.1 Å². The van der Waals surface area contributed by atoms with Gasteiger partial charge in [-0.1, -0.05) is 19.4 Å². The zero-order valence-electron chi connectivity index (χ0n) is 9.73. The Morgan fingerprint density at radius 1 is 1.56 bits per heavy atom. The van der Waals surface area contributed by atoms with E-state index in [1.54, 1.807) is 12.4 Å². The van der Waals surface area contributed by atoms with E-state index in [0.717, 1.165) is 24.1 Å². The van der Waals surface area contributed by atoms with Crippen LogP contribution in [0.3, 0.4) is 0 Å². The van der Waals surface area contributed by atoms with E-state index < -0.39 is 0 Å². The molecule has 4 heteroatoms. The number of aromatic nitrogens is 1. The molecule has 0 bridgehead atoms. The van der Waals surface area contributed by atoms with E-state index in [2.05, 4.69) is 22.4 Å². The first kappa shape index (κ1) is 12.4. The standard InChI is InChI=1S/C12H17N3O/c1-3-4-7-12(16)15-14-10(2)11-6-5-8-13-9-11/h5-6,8-9H,3-4,7H2,1-2H3,(H,15,16)/b14-10+. The summed E-state index contributed by atoms with van der Waals surface area (Å²) in [5.74, 6) is -0.0370. The molecule has 0 unspecified atom stereocenters. The number of carbonyl (C=O) groups is 1. The number of hydrogen-bond donors (Lipinski definition) is 1. The minimum atomic E-state index is -0.0370. The monoisotopic (exact) mass is 219 g/mol. The SMILES string of the molecule is CCCCC(=O)N/N=C(\C)c1cccnc1. The highest BCUT2D eigenvalue weighted by Crippen LogP contribution is 1.98. The van der Waals surface area contributed by atoms with Crippen LogP contribution in [0.1, 0.15) is 38.7 Å². The number of hydrogen-bond acceptors (Lipinski definition) is 3. The smallest absolute Gasteiger partial charge is 0.240 e. The summed E-state index contributed by atoms with van der Waals surface area (Å²) in [6.45, 7) is 3.90. The van der Waals surface area contributed by atoms with Crippen LogP contribution in [0.15, 0.2) is 29.6 Å².